The Morgan fingerprint density at radius 3 is 2.55 bits per heavy atom. The van der Waals surface area contributed by atoms with Crippen molar-refractivity contribution in [3.8, 4) is 0 Å². The standard InChI is InChI=1S/C13H21F2N5/c1-2-20-5-3-9(4-6-20)8-17-12-10(14)7-11(15)13(18-12)19-16/h7,9H,2-6,8,16H2,1H3,(H2,17,18,19). The zero-order valence-corrected chi connectivity index (χ0v) is 11.6. The second-order valence-corrected chi connectivity index (χ2v) is 5.05. The summed E-state index contributed by atoms with van der Waals surface area (Å²) in [5.41, 5.74) is 2.11. The Hall–Kier alpha value is -1.47. The summed E-state index contributed by atoms with van der Waals surface area (Å²) in [6.45, 7) is 5.99. The molecule has 0 unspecified atom stereocenters. The normalized spacial score (nSPS) is 17.2. The highest BCUT2D eigenvalue weighted by molar-refractivity contribution is 5.46. The molecule has 4 N–H and O–H groups in total. The number of likely N-dealkylation sites (tertiary alicyclic amines) is 1. The first-order valence-electron chi connectivity index (χ1n) is 6.93. The van der Waals surface area contributed by atoms with Crippen molar-refractivity contribution >= 4 is 11.6 Å². The first-order chi connectivity index (χ1) is 9.63. The van der Waals surface area contributed by atoms with Gasteiger partial charge in [0.25, 0.3) is 0 Å². The maximum atomic E-state index is 13.6. The van der Waals surface area contributed by atoms with E-state index in [4.69, 9.17) is 5.84 Å². The largest absolute Gasteiger partial charge is 0.367 e. The Bertz CT molecular complexity index is 447. The van der Waals surface area contributed by atoms with E-state index in [1.807, 2.05) is 0 Å². The van der Waals surface area contributed by atoms with Crippen molar-refractivity contribution in [1.29, 1.82) is 0 Å². The maximum Gasteiger partial charge on any atom is 0.178 e. The number of hydrogen-bond acceptors (Lipinski definition) is 5. The first-order valence-corrected chi connectivity index (χ1v) is 6.93. The van der Waals surface area contributed by atoms with Gasteiger partial charge in [0.2, 0.25) is 0 Å². The molecule has 2 rings (SSSR count). The summed E-state index contributed by atoms with van der Waals surface area (Å²) >= 11 is 0. The van der Waals surface area contributed by atoms with E-state index in [9.17, 15) is 8.78 Å². The van der Waals surface area contributed by atoms with Gasteiger partial charge in [-0.25, -0.2) is 19.6 Å². The van der Waals surface area contributed by atoms with Crippen LogP contribution in [0, 0.1) is 17.6 Å². The van der Waals surface area contributed by atoms with Gasteiger partial charge in [0.05, 0.1) is 0 Å². The summed E-state index contributed by atoms with van der Waals surface area (Å²) in [6, 6.07) is 0.782. The molecule has 0 spiro atoms. The van der Waals surface area contributed by atoms with E-state index in [1.165, 1.54) is 0 Å². The molecule has 1 aliphatic heterocycles. The van der Waals surface area contributed by atoms with Crippen molar-refractivity contribution in [2.45, 2.75) is 19.8 Å². The molecule has 1 fully saturated rings. The van der Waals surface area contributed by atoms with E-state index < -0.39 is 11.6 Å². The summed E-state index contributed by atoms with van der Waals surface area (Å²) in [4.78, 5) is 6.19. The summed E-state index contributed by atoms with van der Waals surface area (Å²) in [6.07, 6.45) is 2.15. The van der Waals surface area contributed by atoms with Crippen molar-refractivity contribution in [3.05, 3.63) is 17.7 Å². The number of anilines is 2. The van der Waals surface area contributed by atoms with Crippen LogP contribution >= 0.6 is 0 Å². The highest BCUT2D eigenvalue weighted by atomic mass is 19.1. The third kappa shape index (κ3) is 3.55. The predicted molar refractivity (Wildman–Crippen MR) is 75.3 cm³/mol. The monoisotopic (exact) mass is 285 g/mol. The van der Waals surface area contributed by atoms with Gasteiger partial charge in [-0.3, -0.25) is 0 Å². The number of halogens is 2. The number of hydrazine groups is 1. The lowest BCUT2D eigenvalue weighted by atomic mass is 9.97. The number of nitrogens with zero attached hydrogens (tertiary/aromatic N) is 2. The van der Waals surface area contributed by atoms with Crippen molar-refractivity contribution < 1.29 is 8.78 Å². The molecule has 1 aromatic heterocycles. The lowest BCUT2D eigenvalue weighted by Crippen LogP contribution is -2.35. The third-order valence-corrected chi connectivity index (χ3v) is 3.78. The summed E-state index contributed by atoms with van der Waals surface area (Å²) < 4.78 is 26.8. The van der Waals surface area contributed by atoms with Gasteiger partial charge in [0.1, 0.15) is 0 Å². The number of pyridine rings is 1. The molecule has 1 aromatic rings. The Morgan fingerprint density at radius 2 is 1.95 bits per heavy atom. The molecular formula is C13H21F2N5. The minimum absolute atomic E-state index is 0.0391. The molecule has 5 nitrogen and oxygen atoms in total. The van der Waals surface area contributed by atoms with Crippen LogP contribution in [0.1, 0.15) is 19.8 Å². The zero-order chi connectivity index (χ0) is 14.5. The van der Waals surface area contributed by atoms with Crippen LogP contribution < -0.4 is 16.6 Å². The molecule has 0 radical (unpaired) electrons. The number of aromatic nitrogens is 1. The smallest absolute Gasteiger partial charge is 0.178 e. The van der Waals surface area contributed by atoms with Gasteiger partial charge in [-0.05, 0) is 38.4 Å². The SMILES string of the molecule is CCN1CCC(CNc2nc(NN)c(F)cc2F)CC1. The molecule has 2 heterocycles. The average Bonchev–Trinajstić information content (AvgIpc) is 2.47. The Balaban J connectivity index is 1.91. The van der Waals surface area contributed by atoms with Crippen LogP contribution in [0.2, 0.25) is 0 Å². The molecule has 112 valence electrons. The minimum atomic E-state index is -0.799. The fourth-order valence-electron chi connectivity index (χ4n) is 2.44. The van der Waals surface area contributed by atoms with Gasteiger partial charge < -0.3 is 15.6 Å². The van der Waals surface area contributed by atoms with Gasteiger partial charge in [0, 0.05) is 12.6 Å². The first kappa shape index (κ1) is 14.9. The molecule has 7 heteroatoms. The Kier molecular flexibility index (Phi) is 5.08. The number of piperidine rings is 1. The number of rotatable bonds is 5. The van der Waals surface area contributed by atoms with Crippen LogP contribution in [0.25, 0.3) is 0 Å². The fourth-order valence-corrected chi connectivity index (χ4v) is 2.44. The summed E-state index contributed by atoms with van der Waals surface area (Å²) in [5, 5.41) is 2.95. The van der Waals surface area contributed by atoms with Gasteiger partial charge in [-0.2, -0.15) is 0 Å². The molecule has 1 aliphatic rings. The number of hydrogen-bond donors (Lipinski definition) is 3. The third-order valence-electron chi connectivity index (χ3n) is 3.78. The quantitative estimate of drug-likeness (QED) is 0.568. The van der Waals surface area contributed by atoms with E-state index in [0.717, 1.165) is 38.5 Å². The summed E-state index contributed by atoms with van der Waals surface area (Å²) in [5.74, 6) is 4.00. The van der Waals surface area contributed by atoms with Crippen molar-refractivity contribution in [3.63, 3.8) is 0 Å². The van der Waals surface area contributed by atoms with Gasteiger partial charge in [-0.15, -0.1) is 0 Å². The molecule has 0 amide bonds. The van der Waals surface area contributed by atoms with Crippen LogP contribution in [-0.2, 0) is 0 Å². The second kappa shape index (κ2) is 6.81. The highest BCUT2D eigenvalue weighted by Crippen LogP contribution is 2.21. The fraction of sp³-hybridized carbons (Fsp3) is 0.615. The number of nitrogens with one attached hydrogen (secondary N) is 2. The summed E-state index contributed by atoms with van der Waals surface area (Å²) in [7, 11) is 0. The molecule has 1 saturated heterocycles. The van der Waals surface area contributed by atoms with Gasteiger partial charge >= 0.3 is 0 Å². The average molecular weight is 285 g/mol. The minimum Gasteiger partial charge on any atom is -0.367 e. The van der Waals surface area contributed by atoms with Gasteiger partial charge in [-0.1, -0.05) is 6.92 Å². The maximum absolute atomic E-state index is 13.6. The molecular weight excluding hydrogens is 264 g/mol. The second-order valence-electron chi connectivity index (χ2n) is 5.05. The van der Waals surface area contributed by atoms with Crippen LogP contribution in [0.3, 0.4) is 0 Å². The molecule has 0 aliphatic carbocycles. The molecule has 0 saturated carbocycles. The number of nitrogens with two attached hydrogens (primary N) is 1. The Labute approximate surface area is 117 Å². The van der Waals surface area contributed by atoms with Crippen molar-refractivity contribution in [1.82, 2.24) is 9.88 Å². The van der Waals surface area contributed by atoms with Crippen molar-refractivity contribution in [2.75, 3.05) is 36.9 Å². The van der Waals surface area contributed by atoms with E-state index in [0.29, 0.717) is 12.5 Å². The van der Waals surface area contributed by atoms with E-state index >= 15 is 0 Å². The van der Waals surface area contributed by atoms with Crippen molar-refractivity contribution in [2.24, 2.45) is 11.8 Å². The van der Waals surface area contributed by atoms with E-state index in [1.54, 1.807) is 0 Å². The van der Waals surface area contributed by atoms with Crippen LogP contribution in [0.4, 0.5) is 20.4 Å². The molecule has 0 bridgehead atoms. The van der Waals surface area contributed by atoms with Gasteiger partial charge in [0.15, 0.2) is 23.3 Å². The van der Waals surface area contributed by atoms with E-state index in [2.05, 4.69) is 27.6 Å². The molecule has 0 atom stereocenters. The van der Waals surface area contributed by atoms with Crippen LogP contribution in [0.5, 0.6) is 0 Å². The zero-order valence-electron chi connectivity index (χ0n) is 11.6. The highest BCUT2D eigenvalue weighted by Gasteiger charge is 2.19. The molecule has 0 aromatic carbocycles. The Morgan fingerprint density at radius 1 is 1.30 bits per heavy atom. The van der Waals surface area contributed by atoms with Crippen LogP contribution in [-0.4, -0.2) is 36.1 Å². The molecule has 20 heavy (non-hydrogen) atoms. The lowest BCUT2D eigenvalue weighted by Gasteiger charge is -2.31. The topological polar surface area (TPSA) is 66.2 Å². The number of nitrogen functional groups attached to an aromatic ring is 1. The predicted octanol–water partition coefficient (Wildman–Crippen LogP) is 1.79. The van der Waals surface area contributed by atoms with Crippen LogP contribution in [0.15, 0.2) is 6.07 Å². The lowest BCUT2D eigenvalue weighted by molar-refractivity contribution is 0.198. The van der Waals surface area contributed by atoms with E-state index in [-0.39, 0.29) is 11.6 Å².